The molecular formula is C7H9NTe. The zero-order valence-corrected chi connectivity index (χ0v) is 7.63. The van der Waals surface area contributed by atoms with Crippen molar-refractivity contribution in [1.29, 1.82) is 0 Å². The van der Waals surface area contributed by atoms with E-state index in [2.05, 4.69) is 11.0 Å². The third-order valence-electron chi connectivity index (χ3n) is 1.14. The van der Waals surface area contributed by atoms with Crippen molar-refractivity contribution in [2.24, 2.45) is 0 Å². The molecule has 0 heterocycles. The molecule has 2 N–H and O–H groups in total. The molecule has 0 bridgehead atoms. The molecule has 0 aliphatic rings. The Morgan fingerprint density at radius 2 is 2.00 bits per heavy atom. The minimum atomic E-state index is 0.00665. The van der Waals surface area contributed by atoms with Crippen LogP contribution in [-0.4, -0.2) is 20.9 Å². The van der Waals surface area contributed by atoms with Crippen molar-refractivity contribution < 1.29 is 0 Å². The Hall–Kier alpha value is -0.190. The van der Waals surface area contributed by atoms with E-state index in [1.54, 1.807) is 0 Å². The molecule has 2 heteroatoms. The molecular weight excluding hydrogens is 226 g/mol. The third kappa shape index (κ3) is 1.61. The van der Waals surface area contributed by atoms with Crippen LogP contribution in [0, 0.1) is 0 Å². The predicted octanol–water partition coefficient (Wildman–Crippen LogP) is 0.646. The molecule has 0 atom stereocenters. The molecule has 0 aliphatic heterocycles. The molecule has 0 fully saturated rings. The Balaban J connectivity index is 3.01. The van der Waals surface area contributed by atoms with Crippen molar-refractivity contribution in [3.8, 4) is 0 Å². The van der Waals surface area contributed by atoms with Crippen LogP contribution in [0.3, 0.4) is 0 Å². The van der Waals surface area contributed by atoms with E-state index in [0.717, 1.165) is 5.69 Å². The first-order chi connectivity index (χ1) is 4.34. The SMILES string of the molecule is C[Te]c1ccccc1N. The summed E-state index contributed by atoms with van der Waals surface area (Å²) in [5, 5.41) is 0. The first-order valence-electron chi connectivity index (χ1n) is 2.73. The van der Waals surface area contributed by atoms with Crippen molar-refractivity contribution in [3.63, 3.8) is 0 Å². The molecule has 0 aromatic heterocycles. The van der Waals surface area contributed by atoms with E-state index in [4.69, 9.17) is 5.73 Å². The molecule has 0 saturated carbocycles. The maximum atomic E-state index is 5.66. The summed E-state index contributed by atoms with van der Waals surface area (Å²) >= 11 is 0.00665. The van der Waals surface area contributed by atoms with Gasteiger partial charge >= 0.3 is 65.2 Å². The van der Waals surface area contributed by atoms with Crippen molar-refractivity contribution in [2.45, 2.75) is 4.97 Å². The van der Waals surface area contributed by atoms with Gasteiger partial charge in [-0.2, -0.15) is 0 Å². The molecule has 1 aromatic rings. The van der Waals surface area contributed by atoms with Crippen LogP contribution in [0.5, 0.6) is 0 Å². The van der Waals surface area contributed by atoms with Crippen molar-refractivity contribution >= 4 is 30.2 Å². The summed E-state index contributed by atoms with van der Waals surface area (Å²) < 4.78 is 1.36. The van der Waals surface area contributed by atoms with E-state index in [1.807, 2.05) is 18.2 Å². The van der Waals surface area contributed by atoms with Gasteiger partial charge in [0.05, 0.1) is 0 Å². The summed E-state index contributed by atoms with van der Waals surface area (Å²) in [6.07, 6.45) is 0. The van der Waals surface area contributed by atoms with E-state index in [0.29, 0.717) is 0 Å². The van der Waals surface area contributed by atoms with Crippen LogP contribution in [-0.2, 0) is 0 Å². The van der Waals surface area contributed by atoms with E-state index in [9.17, 15) is 0 Å². The average molecular weight is 235 g/mol. The summed E-state index contributed by atoms with van der Waals surface area (Å²) in [5.74, 6) is 0. The van der Waals surface area contributed by atoms with Crippen LogP contribution >= 0.6 is 0 Å². The van der Waals surface area contributed by atoms with Crippen LogP contribution < -0.4 is 9.35 Å². The second-order valence-corrected chi connectivity index (χ2v) is 4.16. The molecule has 0 unspecified atom stereocenters. The molecule has 0 saturated heterocycles. The van der Waals surface area contributed by atoms with Crippen LogP contribution in [0.4, 0.5) is 5.69 Å². The Kier molecular flexibility index (Phi) is 2.38. The normalized spacial score (nSPS) is 9.44. The van der Waals surface area contributed by atoms with Gasteiger partial charge in [0.15, 0.2) is 0 Å². The number of hydrogen-bond donors (Lipinski definition) is 1. The number of rotatable bonds is 1. The van der Waals surface area contributed by atoms with Gasteiger partial charge in [-0.1, -0.05) is 0 Å². The zero-order chi connectivity index (χ0) is 6.69. The van der Waals surface area contributed by atoms with Crippen LogP contribution in [0.15, 0.2) is 24.3 Å². The first kappa shape index (κ1) is 6.92. The second-order valence-electron chi connectivity index (χ2n) is 1.74. The van der Waals surface area contributed by atoms with Gasteiger partial charge in [-0.15, -0.1) is 0 Å². The monoisotopic (exact) mass is 237 g/mol. The van der Waals surface area contributed by atoms with Gasteiger partial charge in [-0.25, -0.2) is 0 Å². The number of nitrogens with two attached hydrogens (primary N) is 1. The van der Waals surface area contributed by atoms with E-state index in [-0.39, 0.29) is 20.9 Å². The fraction of sp³-hybridized carbons (Fsp3) is 0.143. The van der Waals surface area contributed by atoms with Crippen molar-refractivity contribution in [1.82, 2.24) is 0 Å². The van der Waals surface area contributed by atoms with Gasteiger partial charge < -0.3 is 0 Å². The van der Waals surface area contributed by atoms with E-state index in [1.165, 1.54) is 3.61 Å². The number of para-hydroxylation sites is 1. The predicted molar refractivity (Wildman–Crippen MR) is 42.1 cm³/mol. The number of hydrogen-bond acceptors (Lipinski definition) is 1. The van der Waals surface area contributed by atoms with Gasteiger partial charge in [0.1, 0.15) is 0 Å². The quantitative estimate of drug-likeness (QED) is 0.561. The topological polar surface area (TPSA) is 26.0 Å². The van der Waals surface area contributed by atoms with Crippen LogP contribution in [0.2, 0.25) is 4.97 Å². The summed E-state index contributed by atoms with van der Waals surface area (Å²) in [6.45, 7) is 0. The van der Waals surface area contributed by atoms with Gasteiger partial charge in [0, 0.05) is 0 Å². The first-order valence-corrected chi connectivity index (χ1v) is 6.22. The zero-order valence-electron chi connectivity index (χ0n) is 5.29. The van der Waals surface area contributed by atoms with Crippen LogP contribution in [0.1, 0.15) is 0 Å². The molecule has 0 radical (unpaired) electrons. The second kappa shape index (κ2) is 3.10. The molecule has 1 nitrogen and oxygen atoms in total. The van der Waals surface area contributed by atoms with Gasteiger partial charge in [0.2, 0.25) is 0 Å². The molecule has 1 aromatic carbocycles. The van der Waals surface area contributed by atoms with Gasteiger partial charge in [0.25, 0.3) is 0 Å². The Labute approximate surface area is 65.3 Å². The maximum absolute atomic E-state index is 5.66. The van der Waals surface area contributed by atoms with Crippen molar-refractivity contribution in [2.75, 3.05) is 5.73 Å². The number of nitrogen functional groups attached to an aromatic ring is 1. The molecule has 0 amide bonds. The molecule has 0 spiro atoms. The minimum absolute atomic E-state index is 0.00665. The molecule has 1 rings (SSSR count). The number of benzene rings is 1. The third-order valence-corrected chi connectivity index (χ3v) is 3.46. The Morgan fingerprint density at radius 1 is 1.33 bits per heavy atom. The van der Waals surface area contributed by atoms with Crippen molar-refractivity contribution in [3.05, 3.63) is 24.3 Å². The van der Waals surface area contributed by atoms with Gasteiger partial charge in [-0.3, -0.25) is 0 Å². The summed E-state index contributed by atoms with van der Waals surface area (Å²) in [5.41, 5.74) is 6.62. The fourth-order valence-corrected chi connectivity index (χ4v) is 2.15. The average Bonchev–Trinajstić information content (AvgIpc) is 1.89. The molecule has 0 aliphatic carbocycles. The van der Waals surface area contributed by atoms with E-state index < -0.39 is 0 Å². The summed E-state index contributed by atoms with van der Waals surface area (Å²) in [6, 6.07) is 8.09. The summed E-state index contributed by atoms with van der Waals surface area (Å²) in [4.78, 5) is 2.23. The van der Waals surface area contributed by atoms with Crippen LogP contribution in [0.25, 0.3) is 0 Å². The molecule has 48 valence electrons. The Bertz CT molecular complexity index is 198. The molecule has 9 heavy (non-hydrogen) atoms. The number of anilines is 1. The van der Waals surface area contributed by atoms with Gasteiger partial charge in [-0.05, 0) is 0 Å². The standard InChI is InChI=1S/C7H9NTe/c1-9-7-5-3-2-4-6(7)8/h2-5H,8H2,1H3. The Morgan fingerprint density at radius 3 is 2.44 bits per heavy atom. The van der Waals surface area contributed by atoms with E-state index >= 15 is 0 Å². The summed E-state index contributed by atoms with van der Waals surface area (Å²) in [7, 11) is 0. The fourth-order valence-electron chi connectivity index (χ4n) is 0.666.